The Morgan fingerprint density at radius 1 is 0.875 bits per heavy atom. The molecule has 0 saturated carbocycles. The van der Waals surface area contributed by atoms with E-state index in [9.17, 15) is 29.8 Å². The molecule has 0 aliphatic heterocycles. The van der Waals surface area contributed by atoms with Crippen molar-refractivity contribution < 1.29 is 53.1 Å². The third-order valence-electron chi connectivity index (χ3n) is 6.78. The van der Waals surface area contributed by atoms with Crippen LogP contribution in [-0.4, -0.2) is 71.1 Å². The Morgan fingerprint density at radius 2 is 1.46 bits per heavy atom. The minimum Gasteiger partial charge on any atom is -0.444 e. The van der Waals surface area contributed by atoms with Gasteiger partial charge in [0.05, 0.1) is 6.61 Å². The van der Waals surface area contributed by atoms with Crippen LogP contribution in [0.2, 0.25) is 0 Å². The van der Waals surface area contributed by atoms with Crippen LogP contribution in [0.25, 0.3) is 0 Å². The van der Waals surface area contributed by atoms with Gasteiger partial charge in [-0.25, -0.2) is 19.6 Å². The molecule has 48 heavy (non-hydrogen) atoms. The third kappa shape index (κ3) is 10.8. The van der Waals surface area contributed by atoms with Gasteiger partial charge in [0.15, 0.2) is 5.60 Å². The molecule has 0 amide bonds. The molecule has 1 heterocycles. The summed E-state index contributed by atoms with van der Waals surface area (Å²) in [6.07, 6.45) is -4.91. The van der Waals surface area contributed by atoms with E-state index < -0.39 is 53.0 Å². The van der Waals surface area contributed by atoms with Gasteiger partial charge in [-0.05, 0) is 50.3 Å². The first kappa shape index (κ1) is 36.9. The van der Waals surface area contributed by atoms with E-state index in [1.54, 1.807) is 80.6 Å². The third-order valence-corrected chi connectivity index (χ3v) is 6.78. The first-order valence-corrected chi connectivity index (χ1v) is 14.7. The van der Waals surface area contributed by atoms with Crippen LogP contribution >= 0.6 is 0 Å². The summed E-state index contributed by atoms with van der Waals surface area (Å²) in [5.74, 6) is -0.971. The summed E-state index contributed by atoms with van der Waals surface area (Å²) in [5.41, 5.74) is 0.708. The van der Waals surface area contributed by atoms with Gasteiger partial charge in [0.1, 0.15) is 12.7 Å². The maximum absolute atomic E-state index is 14.0. The molecule has 3 atom stereocenters. The monoisotopic (exact) mass is 672 g/mol. The van der Waals surface area contributed by atoms with E-state index in [-0.39, 0.29) is 31.9 Å². The fourth-order valence-electron chi connectivity index (χ4n) is 4.81. The quantitative estimate of drug-likeness (QED) is 0.0567. The maximum atomic E-state index is 14.0. The van der Waals surface area contributed by atoms with Gasteiger partial charge in [0.25, 0.3) is 10.2 Å². The standard InChI is InChI=1S/C31H36N4O13/c1-21-19-22(2)33-29(32-21)47-27(31(42-4,24-13-7-5-8-14-24)25-15-9-6-10-16-25)28(36)45-23(3)46-30(37)43-18-12-11-17-26(48-35(40)41)20-44-34(38)39/h5-10,13-16,19,23,26-27H,11-12,17-18,20H2,1-4H3/t23?,26?,27-/m1/s1. The zero-order valence-electron chi connectivity index (χ0n) is 26.7. The van der Waals surface area contributed by atoms with Crippen molar-refractivity contribution in [1.82, 2.24) is 9.97 Å². The second-order valence-corrected chi connectivity index (χ2v) is 10.3. The van der Waals surface area contributed by atoms with Gasteiger partial charge in [-0.3, -0.25) is 0 Å². The molecule has 0 bridgehead atoms. The molecule has 0 saturated heterocycles. The molecule has 0 aliphatic carbocycles. The van der Waals surface area contributed by atoms with Crippen molar-refractivity contribution in [3.8, 4) is 6.01 Å². The summed E-state index contributed by atoms with van der Waals surface area (Å²) in [7, 11) is 1.42. The van der Waals surface area contributed by atoms with Crippen LogP contribution in [-0.2, 0) is 39.0 Å². The maximum Gasteiger partial charge on any atom is 0.511 e. The van der Waals surface area contributed by atoms with Gasteiger partial charge in [0, 0.05) is 25.4 Å². The molecular weight excluding hydrogens is 636 g/mol. The SMILES string of the molecule is COC(c1ccccc1)(c1ccccc1)[C@H](Oc1nc(C)cc(C)n1)C(=O)OC(C)OC(=O)OCCCCC(CO[N+](=O)[O-])O[N+](=O)[O-]. The lowest BCUT2D eigenvalue weighted by Crippen LogP contribution is -2.52. The van der Waals surface area contributed by atoms with Crippen LogP contribution in [0.5, 0.6) is 6.01 Å². The molecule has 0 fully saturated rings. The van der Waals surface area contributed by atoms with Gasteiger partial charge in [0.2, 0.25) is 12.4 Å². The Morgan fingerprint density at radius 3 is 1.98 bits per heavy atom. The zero-order chi connectivity index (χ0) is 35.1. The van der Waals surface area contributed by atoms with Crippen molar-refractivity contribution in [2.45, 2.75) is 64.1 Å². The Labute approximate surface area is 275 Å². The molecule has 1 aromatic heterocycles. The zero-order valence-corrected chi connectivity index (χ0v) is 26.7. The first-order valence-electron chi connectivity index (χ1n) is 14.7. The summed E-state index contributed by atoms with van der Waals surface area (Å²) in [5, 5.41) is 18.8. The van der Waals surface area contributed by atoms with E-state index in [0.29, 0.717) is 22.5 Å². The molecule has 2 unspecified atom stereocenters. The first-order chi connectivity index (χ1) is 22.9. The molecule has 17 nitrogen and oxygen atoms in total. The Bertz CT molecular complexity index is 1450. The number of methoxy groups -OCH3 is 1. The molecule has 2 aromatic carbocycles. The van der Waals surface area contributed by atoms with Crippen LogP contribution in [0.15, 0.2) is 66.7 Å². The van der Waals surface area contributed by atoms with Crippen molar-refractivity contribution in [2.75, 3.05) is 20.3 Å². The predicted octanol–water partition coefficient (Wildman–Crippen LogP) is 4.43. The van der Waals surface area contributed by atoms with E-state index in [0.717, 1.165) is 0 Å². The van der Waals surface area contributed by atoms with E-state index >= 15 is 0 Å². The predicted molar refractivity (Wildman–Crippen MR) is 163 cm³/mol. The Kier molecular flexibility index (Phi) is 13.8. The average molecular weight is 673 g/mol. The van der Waals surface area contributed by atoms with Crippen molar-refractivity contribution in [3.63, 3.8) is 0 Å². The number of hydrogen-bond acceptors (Lipinski definition) is 15. The summed E-state index contributed by atoms with van der Waals surface area (Å²) in [6, 6.07) is 19.4. The second-order valence-electron chi connectivity index (χ2n) is 10.3. The van der Waals surface area contributed by atoms with Gasteiger partial charge in [-0.2, -0.15) is 0 Å². The number of hydrogen-bond donors (Lipinski definition) is 0. The summed E-state index contributed by atoms with van der Waals surface area (Å²) in [6.45, 7) is 3.98. The Hall–Kier alpha value is -5.58. The molecule has 0 N–H and O–H groups in total. The minimum atomic E-state index is -1.58. The van der Waals surface area contributed by atoms with Gasteiger partial charge >= 0.3 is 18.1 Å². The highest BCUT2D eigenvalue weighted by Crippen LogP contribution is 2.39. The number of carbonyl (C=O) groups is 2. The lowest BCUT2D eigenvalue weighted by atomic mass is 9.81. The molecule has 258 valence electrons. The largest absolute Gasteiger partial charge is 0.511 e. The molecule has 3 aromatic rings. The van der Waals surface area contributed by atoms with Crippen molar-refractivity contribution in [3.05, 3.63) is 109 Å². The van der Waals surface area contributed by atoms with Crippen molar-refractivity contribution in [1.29, 1.82) is 0 Å². The molecule has 0 aliphatic rings. The normalized spacial score (nSPS) is 12.9. The number of rotatable bonds is 19. The van der Waals surface area contributed by atoms with E-state index in [1.807, 2.05) is 0 Å². The lowest BCUT2D eigenvalue weighted by molar-refractivity contribution is -0.790. The number of esters is 1. The second kappa shape index (κ2) is 17.9. The highest BCUT2D eigenvalue weighted by atomic mass is 17.0. The fraction of sp³-hybridized carbons (Fsp3) is 0.419. The number of unbranched alkanes of at least 4 members (excludes halogenated alkanes) is 1. The van der Waals surface area contributed by atoms with Crippen LogP contribution in [0, 0.1) is 34.1 Å². The highest BCUT2D eigenvalue weighted by Gasteiger charge is 2.50. The van der Waals surface area contributed by atoms with Gasteiger partial charge in [-0.15, -0.1) is 20.2 Å². The fourth-order valence-corrected chi connectivity index (χ4v) is 4.81. The molecule has 0 radical (unpaired) electrons. The van der Waals surface area contributed by atoms with Crippen molar-refractivity contribution in [2.24, 2.45) is 0 Å². The lowest BCUT2D eigenvalue weighted by Gasteiger charge is -2.38. The van der Waals surface area contributed by atoms with Crippen LogP contribution in [0.3, 0.4) is 0 Å². The van der Waals surface area contributed by atoms with Gasteiger partial charge in [-0.1, -0.05) is 60.7 Å². The number of aryl methyl sites for hydroxylation is 2. The summed E-state index contributed by atoms with van der Waals surface area (Å²) in [4.78, 5) is 64.5. The van der Waals surface area contributed by atoms with Crippen molar-refractivity contribution >= 4 is 12.1 Å². The van der Waals surface area contributed by atoms with Crippen LogP contribution in [0.1, 0.15) is 48.7 Å². The van der Waals surface area contributed by atoms with Crippen LogP contribution in [0.4, 0.5) is 4.79 Å². The molecular formula is C31H36N4O13. The number of nitrogens with zero attached hydrogens (tertiary/aromatic N) is 4. The Balaban J connectivity index is 1.73. The topological polar surface area (TPSA) is 211 Å². The number of benzene rings is 2. The van der Waals surface area contributed by atoms with E-state index in [4.69, 9.17) is 23.7 Å². The summed E-state index contributed by atoms with van der Waals surface area (Å²) < 4.78 is 28.0. The van der Waals surface area contributed by atoms with E-state index in [1.165, 1.54) is 14.0 Å². The highest BCUT2D eigenvalue weighted by molar-refractivity contribution is 5.78. The van der Waals surface area contributed by atoms with Crippen LogP contribution < -0.4 is 4.74 Å². The number of carbonyl (C=O) groups excluding carboxylic acids is 2. The summed E-state index contributed by atoms with van der Waals surface area (Å²) >= 11 is 0. The minimum absolute atomic E-state index is 0.0108. The molecule has 3 rings (SSSR count). The van der Waals surface area contributed by atoms with E-state index in [2.05, 4.69) is 19.6 Å². The molecule has 0 spiro atoms. The smallest absolute Gasteiger partial charge is 0.444 e. The molecule has 17 heteroatoms. The average Bonchev–Trinajstić information content (AvgIpc) is 3.03. The number of ether oxygens (including phenoxy) is 5. The van der Waals surface area contributed by atoms with Gasteiger partial charge < -0.3 is 33.4 Å². The number of aromatic nitrogens is 2.